The Morgan fingerprint density at radius 3 is 2.82 bits per heavy atom. The monoisotopic (exact) mass is 243 g/mol. The standard InChI is InChI=1S/C11H15F2N3O/c12-11(13)3-1-8(2-4-11)10(17)15-6-9-5-14-7-16-9/h5,7-8H,1-4,6H2,(H,14,16)(H,15,17). The maximum atomic E-state index is 12.9. The third kappa shape index (κ3) is 3.25. The average Bonchev–Trinajstić information content (AvgIpc) is 2.78. The Kier molecular flexibility index (Phi) is 3.40. The van der Waals surface area contributed by atoms with Crippen LogP contribution in [0, 0.1) is 5.92 Å². The van der Waals surface area contributed by atoms with E-state index < -0.39 is 5.92 Å². The Balaban J connectivity index is 1.77. The second kappa shape index (κ2) is 4.81. The fraction of sp³-hybridized carbons (Fsp3) is 0.636. The van der Waals surface area contributed by atoms with Gasteiger partial charge in [0.05, 0.1) is 18.6 Å². The van der Waals surface area contributed by atoms with Crippen molar-refractivity contribution >= 4 is 5.91 Å². The van der Waals surface area contributed by atoms with Gasteiger partial charge in [0.25, 0.3) is 0 Å². The van der Waals surface area contributed by atoms with Gasteiger partial charge in [-0.05, 0) is 12.8 Å². The molecular weight excluding hydrogens is 228 g/mol. The number of imidazole rings is 1. The van der Waals surface area contributed by atoms with Gasteiger partial charge in [0.2, 0.25) is 11.8 Å². The first-order valence-electron chi connectivity index (χ1n) is 5.70. The number of H-pyrrole nitrogens is 1. The van der Waals surface area contributed by atoms with Gasteiger partial charge in [0.15, 0.2) is 0 Å². The van der Waals surface area contributed by atoms with E-state index in [4.69, 9.17) is 0 Å². The maximum absolute atomic E-state index is 12.9. The second-order valence-electron chi connectivity index (χ2n) is 4.42. The molecule has 1 aliphatic rings. The number of aromatic amines is 1. The highest BCUT2D eigenvalue weighted by Gasteiger charge is 2.37. The highest BCUT2D eigenvalue weighted by molar-refractivity contribution is 5.78. The minimum Gasteiger partial charge on any atom is -0.350 e. The van der Waals surface area contributed by atoms with Gasteiger partial charge in [-0.15, -0.1) is 0 Å². The van der Waals surface area contributed by atoms with Crippen molar-refractivity contribution in [2.45, 2.75) is 38.2 Å². The summed E-state index contributed by atoms with van der Waals surface area (Å²) in [5.41, 5.74) is 0.805. The molecule has 1 saturated carbocycles. The predicted molar refractivity (Wildman–Crippen MR) is 57.3 cm³/mol. The molecule has 0 atom stereocenters. The van der Waals surface area contributed by atoms with Crippen molar-refractivity contribution in [3.05, 3.63) is 18.2 Å². The molecule has 2 N–H and O–H groups in total. The molecule has 0 bridgehead atoms. The van der Waals surface area contributed by atoms with E-state index in [-0.39, 0.29) is 37.5 Å². The molecule has 94 valence electrons. The first kappa shape index (κ1) is 12.0. The van der Waals surface area contributed by atoms with E-state index in [1.165, 1.54) is 6.33 Å². The summed E-state index contributed by atoms with van der Waals surface area (Å²) in [4.78, 5) is 18.4. The summed E-state index contributed by atoms with van der Waals surface area (Å²) in [6, 6.07) is 0. The second-order valence-corrected chi connectivity index (χ2v) is 4.42. The molecule has 1 aliphatic carbocycles. The summed E-state index contributed by atoms with van der Waals surface area (Å²) in [6.45, 7) is 0.367. The van der Waals surface area contributed by atoms with Crippen LogP contribution in [0.5, 0.6) is 0 Å². The maximum Gasteiger partial charge on any atom is 0.248 e. The van der Waals surface area contributed by atoms with Crippen LogP contribution in [0.2, 0.25) is 0 Å². The van der Waals surface area contributed by atoms with E-state index in [0.717, 1.165) is 5.69 Å². The third-order valence-electron chi connectivity index (χ3n) is 3.10. The largest absolute Gasteiger partial charge is 0.350 e. The van der Waals surface area contributed by atoms with Crippen LogP contribution in [-0.2, 0) is 11.3 Å². The molecule has 4 nitrogen and oxygen atoms in total. The first-order valence-corrected chi connectivity index (χ1v) is 5.70. The molecule has 0 unspecified atom stereocenters. The molecule has 1 aromatic rings. The molecule has 1 aromatic heterocycles. The van der Waals surface area contributed by atoms with E-state index in [1.807, 2.05) is 0 Å². The highest BCUT2D eigenvalue weighted by Crippen LogP contribution is 2.36. The van der Waals surface area contributed by atoms with Gasteiger partial charge in [-0.3, -0.25) is 4.79 Å². The summed E-state index contributed by atoms with van der Waals surface area (Å²) in [5, 5.41) is 2.73. The number of amides is 1. The summed E-state index contributed by atoms with van der Waals surface area (Å²) in [5.74, 6) is -3.01. The number of hydrogen-bond acceptors (Lipinski definition) is 2. The van der Waals surface area contributed by atoms with Crippen LogP contribution in [-0.4, -0.2) is 21.8 Å². The molecule has 6 heteroatoms. The van der Waals surface area contributed by atoms with Gasteiger partial charge in [-0.1, -0.05) is 0 Å². The number of aromatic nitrogens is 2. The summed E-state index contributed by atoms with van der Waals surface area (Å²) >= 11 is 0. The van der Waals surface area contributed by atoms with Crippen LogP contribution >= 0.6 is 0 Å². The Morgan fingerprint density at radius 1 is 1.53 bits per heavy atom. The van der Waals surface area contributed by atoms with Crippen LogP contribution in [0.25, 0.3) is 0 Å². The molecule has 0 saturated heterocycles. The Labute approximate surface area is 97.8 Å². The van der Waals surface area contributed by atoms with Gasteiger partial charge in [0, 0.05) is 25.0 Å². The lowest BCUT2D eigenvalue weighted by Crippen LogP contribution is -2.35. The molecule has 2 rings (SSSR count). The van der Waals surface area contributed by atoms with Gasteiger partial charge >= 0.3 is 0 Å². The van der Waals surface area contributed by atoms with Gasteiger partial charge in [-0.25, -0.2) is 13.8 Å². The molecule has 0 aliphatic heterocycles. The van der Waals surface area contributed by atoms with Crippen LogP contribution in [0.4, 0.5) is 8.78 Å². The highest BCUT2D eigenvalue weighted by atomic mass is 19.3. The first-order chi connectivity index (χ1) is 8.07. The van der Waals surface area contributed by atoms with Crippen molar-refractivity contribution in [1.29, 1.82) is 0 Å². The Bertz CT molecular complexity index is 368. The van der Waals surface area contributed by atoms with Crippen LogP contribution in [0.15, 0.2) is 12.5 Å². The topological polar surface area (TPSA) is 57.8 Å². The molecule has 0 aromatic carbocycles. The zero-order chi connectivity index (χ0) is 12.3. The number of hydrogen-bond donors (Lipinski definition) is 2. The van der Waals surface area contributed by atoms with Crippen LogP contribution in [0.3, 0.4) is 0 Å². The zero-order valence-corrected chi connectivity index (χ0v) is 9.38. The number of nitrogens with one attached hydrogen (secondary N) is 2. The van der Waals surface area contributed by atoms with Gasteiger partial charge in [-0.2, -0.15) is 0 Å². The number of carbonyl (C=O) groups excluding carboxylic acids is 1. The fourth-order valence-electron chi connectivity index (χ4n) is 2.01. The smallest absolute Gasteiger partial charge is 0.248 e. The van der Waals surface area contributed by atoms with E-state index in [2.05, 4.69) is 15.3 Å². The zero-order valence-electron chi connectivity index (χ0n) is 9.38. The van der Waals surface area contributed by atoms with Crippen molar-refractivity contribution in [1.82, 2.24) is 15.3 Å². The summed E-state index contributed by atoms with van der Waals surface area (Å²) < 4.78 is 25.8. The third-order valence-corrected chi connectivity index (χ3v) is 3.10. The minimum absolute atomic E-state index is 0.143. The molecule has 1 amide bonds. The lowest BCUT2D eigenvalue weighted by Gasteiger charge is -2.27. The molecule has 17 heavy (non-hydrogen) atoms. The molecule has 0 spiro atoms. The number of halogens is 2. The van der Waals surface area contributed by atoms with E-state index in [1.54, 1.807) is 6.20 Å². The lowest BCUT2D eigenvalue weighted by atomic mass is 9.86. The van der Waals surface area contributed by atoms with Crippen molar-refractivity contribution in [2.75, 3.05) is 0 Å². The molecular formula is C11H15F2N3O. The Hall–Kier alpha value is -1.46. The molecule has 1 heterocycles. The number of nitrogens with zero attached hydrogens (tertiary/aromatic N) is 1. The summed E-state index contributed by atoms with van der Waals surface area (Å²) in [7, 11) is 0. The molecule has 0 radical (unpaired) electrons. The Morgan fingerprint density at radius 2 is 2.24 bits per heavy atom. The lowest BCUT2D eigenvalue weighted by molar-refractivity contribution is -0.129. The number of carbonyl (C=O) groups is 1. The molecule has 1 fully saturated rings. The van der Waals surface area contributed by atoms with E-state index in [0.29, 0.717) is 6.54 Å². The normalized spacial score (nSPS) is 20.1. The average molecular weight is 243 g/mol. The van der Waals surface area contributed by atoms with Crippen LogP contribution in [0.1, 0.15) is 31.4 Å². The van der Waals surface area contributed by atoms with Gasteiger partial charge < -0.3 is 10.3 Å². The van der Waals surface area contributed by atoms with Crippen molar-refractivity contribution < 1.29 is 13.6 Å². The fourth-order valence-corrected chi connectivity index (χ4v) is 2.01. The van der Waals surface area contributed by atoms with Crippen molar-refractivity contribution in [2.24, 2.45) is 5.92 Å². The van der Waals surface area contributed by atoms with Crippen LogP contribution < -0.4 is 5.32 Å². The minimum atomic E-state index is -2.58. The predicted octanol–water partition coefficient (Wildman–Crippen LogP) is 1.85. The van der Waals surface area contributed by atoms with Crippen molar-refractivity contribution in [3.63, 3.8) is 0 Å². The van der Waals surface area contributed by atoms with E-state index >= 15 is 0 Å². The van der Waals surface area contributed by atoms with E-state index in [9.17, 15) is 13.6 Å². The SMILES string of the molecule is O=C(NCc1cnc[nH]1)C1CCC(F)(F)CC1. The summed E-state index contributed by atoms with van der Waals surface area (Å²) in [6.07, 6.45) is 3.31. The van der Waals surface area contributed by atoms with Crippen molar-refractivity contribution in [3.8, 4) is 0 Å². The quantitative estimate of drug-likeness (QED) is 0.851. The number of rotatable bonds is 3. The van der Waals surface area contributed by atoms with Gasteiger partial charge in [0.1, 0.15) is 0 Å². The number of alkyl halides is 2.